The first-order chi connectivity index (χ1) is 12.6. The molecule has 27 heavy (non-hydrogen) atoms. The van der Waals surface area contributed by atoms with Gasteiger partial charge in [0, 0.05) is 36.7 Å². The number of carboxylic acid groups (broad SMARTS) is 1. The normalized spacial score (nSPS) is 26.9. The first-order valence-electron chi connectivity index (χ1n) is 8.71. The van der Waals surface area contributed by atoms with Crippen LogP contribution >= 0.6 is 11.8 Å². The molecule has 2 aliphatic rings. The molecule has 3 heterocycles. The lowest BCUT2D eigenvalue weighted by molar-refractivity contribution is -0.173. The quantitative estimate of drug-likeness (QED) is 0.665. The molecular weight excluding hydrogens is 370 g/mol. The van der Waals surface area contributed by atoms with Crippen LogP contribution in [0, 0.1) is 5.92 Å². The molecule has 2 saturated heterocycles. The van der Waals surface area contributed by atoms with Gasteiger partial charge >= 0.3 is 5.97 Å². The first kappa shape index (κ1) is 19.6. The number of aliphatic carboxylic acids is 1. The molecule has 0 spiro atoms. The maximum atomic E-state index is 12.6. The van der Waals surface area contributed by atoms with Gasteiger partial charge in [0.25, 0.3) is 5.91 Å². The second-order valence-electron chi connectivity index (χ2n) is 7.40. The Kier molecular flexibility index (Phi) is 5.18. The molecule has 4 atom stereocenters. The molecule has 0 saturated carbocycles. The summed E-state index contributed by atoms with van der Waals surface area (Å²) in [6.07, 6.45) is 0.724. The third-order valence-corrected chi connectivity index (χ3v) is 6.71. The summed E-state index contributed by atoms with van der Waals surface area (Å²) in [6.45, 7) is 3.87. The Bertz CT molecular complexity index is 757. The number of rotatable bonds is 6. The van der Waals surface area contributed by atoms with E-state index in [4.69, 9.17) is 0 Å². The van der Waals surface area contributed by atoms with Gasteiger partial charge in [-0.05, 0) is 26.0 Å². The number of aromatic nitrogens is 1. The van der Waals surface area contributed by atoms with Crippen molar-refractivity contribution in [2.24, 2.45) is 5.92 Å². The second-order valence-corrected chi connectivity index (χ2v) is 9.17. The van der Waals surface area contributed by atoms with Gasteiger partial charge in [0.15, 0.2) is 0 Å². The number of nitrogens with zero attached hydrogens (tertiary/aromatic N) is 3. The fraction of sp³-hybridized carbons (Fsp3) is 0.556. The third-order valence-electron chi connectivity index (χ3n) is 5.11. The molecular formula is C18H23N3O5S. The standard InChI is InChI=1S/C18H23N3O5S/c1-18(2)13(17(25)26)21-14(23)11(16(21)27-18)12(22)15(24)20(3)9-7-10-6-4-5-8-19-10/h4-6,8,11-13,16,22H,7,9H2,1-3H3,(H,25,26)/t11-,12+,13+,16-/m1/s1. The number of aliphatic hydroxyl groups is 1. The maximum absolute atomic E-state index is 12.6. The van der Waals surface area contributed by atoms with Crippen molar-refractivity contribution in [2.45, 2.75) is 42.5 Å². The SMILES string of the molecule is CN(CCc1ccccn1)C(=O)[C@@H](O)[C@@H]1C(=O)N2[C@@H]1SC(C)(C)[C@@H]2C(=O)O. The number of likely N-dealkylation sites (N-methyl/N-ethyl adjacent to an activating group) is 1. The molecule has 0 aromatic carbocycles. The van der Waals surface area contributed by atoms with Gasteiger partial charge in [-0.25, -0.2) is 4.79 Å². The maximum Gasteiger partial charge on any atom is 0.327 e. The predicted molar refractivity (Wildman–Crippen MR) is 98.8 cm³/mol. The van der Waals surface area contributed by atoms with Gasteiger partial charge < -0.3 is 20.0 Å². The van der Waals surface area contributed by atoms with Gasteiger partial charge in [-0.1, -0.05) is 6.07 Å². The summed E-state index contributed by atoms with van der Waals surface area (Å²) in [5.41, 5.74) is 0.829. The molecule has 2 N–H and O–H groups in total. The first-order valence-corrected chi connectivity index (χ1v) is 9.59. The van der Waals surface area contributed by atoms with Crippen molar-refractivity contribution in [3.63, 3.8) is 0 Å². The third kappa shape index (κ3) is 3.41. The van der Waals surface area contributed by atoms with Gasteiger partial charge in [-0.2, -0.15) is 0 Å². The van der Waals surface area contributed by atoms with Crippen LogP contribution in [0.25, 0.3) is 0 Å². The van der Waals surface area contributed by atoms with E-state index in [0.29, 0.717) is 13.0 Å². The highest BCUT2D eigenvalue weighted by Crippen LogP contribution is 2.54. The van der Waals surface area contributed by atoms with E-state index in [9.17, 15) is 24.6 Å². The molecule has 146 valence electrons. The molecule has 2 fully saturated rings. The van der Waals surface area contributed by atoms with Crippen LogP contribution in [0.5, 0.6) is 0 Å². The molecule has 1 aromatic rings. The molecule has 0 bridgehead atoms. The van der Waals surface area contributed by atoms with Crippen molar-refractivity contribution in [3.05, 3.63) is 30.1 Å². The Hall–Kier alpha value is -2.13. The number of fused-ring (bicyclic) bond motifs is 1. The molecule has 2 aliphatic heterocycles. The number of hydrogen-bond acceptors (Lipinski definition) is 6. The number of aliphatic hydroxyl groups excluding tert-OH is 1. The van der Waals surface area contributed by atoms with Crippen LogP contribution in [-0.4, -0.2) is 78.6 Å². The van der Waals surface area contributed by atoms with Crippen LogP contribution in [0.1, 0.15) is 19.5 Å². The average molecular weight is 393 g/mol. The zero-order valence-corrected chi connectivity index (χ0v) is 16.2. The van der Waals surface area contributed by atoms with Crippen molar-refractivity contribution < 1.29 is 24.6 Å². The Balaban J connectivity index is 1.64. The summed E-state index contributed by atoms with van der Waals surface area (Å²) in [6, 6.07) is 4.56. The highest BCUT2D eigenvalue weighted by atomic mass is 32.2. The second kappa shape index (κ2) is 7.12. The summed E-state index contributed by atoms with van der Waals surface area (Å²) in [4.78, 5) is 43.5. The van der Waals surface area contributed by atoms with E-state index in [1.165, 1.54) is 21.6 Å². The number of pyridine rings is 1. The van der Waals surface area contributed by atoms with E-state index in [2.05, 4.69) is 4.98 Å². The number of hydrogen-bond donors (Lipinski definition) is 2. The summed E-state index contributed by atoms with van der Waals surface area (Å²) < 4.78 is -0.686. The van der Waals surface area contributed by atoms with E-state index in [-0.39, 0.29) is 0 Å². The summed E-state index contributed by atoms with van der Waals surface area (Å²) in [5.74, 6) is -3.01. The molecule has 8 nitrogen and oxygen atoms in total. The number of carboxylic acids is 1. The van der Waals surface area contributed by atoms with Crippen molar-refractivity contribution in [1.82, 2.24) is 14.8 Å². The van der Waals surface area contributed by atoms with Crippen LogP contribution in [0.4, 0.5) is 0 Å². The van der Waals surface area contributed by atoms with E-state index in [1.807, 2.05) is 12.1 Å². The van der Waals surface area contributed by atoms with Gasteiger partial charge in [-0.15, -0.1) is 11.8 Å². The minimum Gasteiger partial charge on any atom is -0.480 e. The fourth-order valence-electron chi connectivity index (χ4n) is 3.65. The number of carbonyl (C=O) groups is 3. The van der Waals surface area contributed by atoms with Gasteiger partial charge in [-0.3, -0.25) is 14.6 Å². The molecule has 0 aliphatic carbocycles. The van der Waals surface area contributed by atoms with Crippen LogP contribution in [0.3, 0.4) is 0 Å². The number of carbonyl (C=O) groups excluding carboxylic acids is 2. The molecule has 2 amide bonds. The Morgan fingerprint density at radius 3 is 2.70 bits per heavy atom. The zero-order valence-electron chi connectivity index (χ0n) is 15.4. The van der Waals surface area contributed by atoms with Crippen molar-refractivity contribution >= 4 is 29.5 Å². The summed E-state index contributed by atoms with van der Waals surface area (Å²) in [7, 11) is 1.57. The van der Waals surface area contributed by atoms with Crippen LogP contribution in [0.2, 0.25) is 0 Å². The molecule has 3 rings (SSSR count). The van der Waals surface area contributed by atoms with Crippen molar-refractivity contribution in [3.8, 4) is 0 Å². The zero-order chi connectivity index (χ0) is 19.9. The molecule has 9 heteroatoms. The Morgan fingerprint density at radius 2 is 2.11 bits per heavy atom. The lowest BCUT2D eigenvalue weighted by Crippen LogP contribution is -2.67. The van der Waals surface area contributed by atoms with E-state index < -0.39 is 46.0 Å². The van der Waals surface area contributed by atoms with Crippen LogP contribution < -0.4 is 0 Å². The largest absolute Gasteiger partial charge is 0.480 e. The predicted octanol–water partition coefficient (Wildman–Crippen LogP) is 0.207. The van der Waals surface area contributed by atoms with Gasteiger partial charge in [0.05, 0.1) is 5.37 Å². The monoisotopic (exact) mass is 393 g/mol. The van der Waals surface area contributed by atoms with E-state index in [0.717, 1.165) is 5.69 Å². The van der Waals surface area contributed by atoms with Crippen molar-refractivity contribution in [1.29, 1.82) is 0 Å². The lowest BCUT2D eigenvalue weighted by atomic mass is 9.87. The lowest BCUT2D eigenvalue weighted by Gasteiger charge is -2.45. The van der Waals surface area contributed by atoms with Crippen LogP contribution in [0.15, 0.2) is 24.4 Å². The molecule has 1 aromatic heterocycles. The van der Waals surface area contributed by atoms with Crippen LogP contribution in [-0.2, 0) is 20.8 Å². The minimum atomic E-state index is -1.48. The van der Waals surface area contributed by atoms with E-state index >= 15 is 0 Å². The summed E-state index contributed by atoms with van der Waals surface area (Å²) >= 11 is 1.32. The average Bonchev–Trinajstić information content (AvgIpc) is 2.87. The number of amides is 2. The number of β-lactam (4-membered cyclic amide) rings is 1. The topological polar surface area (TPSA) is 111 Å². The molecule has 0 unspecified atom stereocenters. The highest BCUT2D eigenvalue weighted by molar-refractivity contribution is 8.01. The number of thioether (sulfide) groups is 1. The van der Waals surface area contributed by atoms with Crippen molar-refractivity contribution in [2.75, 3.05) is 13.6 Å². The van der Waals surface area contributed by atoms with E-state index in [1.54, 1.807) is 33.2 Å². The van der Waals surface area contributed by atoms with Gasteiger partial charge in [0.1, 0.15) is 18.1 Å². The fourth-order valence-corrected chi connectivity index (χ4v) is 5.37. The Labute approximate surface area is 161 Å². The van der Waals surface area contributed by atoms with Gasteiger partial charge in [0.2, 0.25) is 5.91 Å². The Morgan fingerprint density at radius 1 is 1.41 bits per heavy atom. The minimum absolute atomic E-state index is 0.360. The smallest absolute Gasteiger partial charge is 0.327 e. The molecule has 0 radical (unpaired) electrons. The highest BCUT2D eigenvalue weighted by Gasteiger charge is 2.66. The summed E-state index contributed by atoms with van der Waals surface area (Å²) in [5, 5.41) is 19.4.